The molecule has 0 saturated carbocycles. The average molecular weight is 356 g/mol. The second-order valence-electron chi connectivity index (χ2n) is 8.30. The van der Waals surface area contributed by atoms with E-state index in [1.165, 1.54) is 0 Å². The van der Waals surface area contributed by atoms with E-state index in [1.807, 2.05) is 20.8 Å². The number of carbonyl (C=O) groups excluding carboxylic acids is 2. The lowest BCUT2D eigenvalue weighted by atomic mass is 9.97. The summed E-state index contributed by atoms with van der Waals surface area (Å²) in [4.78, 5) is 23.8. The van der Waals surface area contributed by atoms with Crippen LogP contribution >= 0.6 is 0 Å². The minimum atomic E-state index is -0.600. The van der Waals surface area contributed by atoms with Crippen molar-refractivity contribution >= 4 is 11.9 Å². The first-order valence-electron chi connectivity index (χ1n) is 8.71. The molecule has 0 N–H and O–H groups in total. The fourth-order valence-corrected chi connectivity index (χ4v) is 1.87. The molecule has 0 spiro atoms. The molecule has 0 amide bonds. The Hall–Kier alpha value is -1.40. The molecule has 6 heteroatoms. The standard InChI is InChI=1S/C19H32O6/c1-8-13(25-17(21)19(5,6)7)15(14-12-24-14)22-10-9-11-23-16(20)18(2,3)4/h8,13-15H,1,9-12H2,2-7H3/t13?,14-,15-/m0/s1. The van der Waals surface area contributed by atoms with Gasteiger partial charge in [0.1, 0.15) is 18.3 Å². The van der Waals surface area contributed by atoms with Crippen molar-refractivity contribution in [3.05, 3.63) is 12.7 Å². The summed E-state index contributed by atoms with van der Waals surface area (Å²) in [6.07, 6.45) is 1.05. The van der Waals surface area contributed by atoms with Crippen LogP contribution in [0.25, 0.3) is 0 Å². The molecule has 1 rings (SSSR count). The van der Waals surface area contributed by atoms with Crippen molar-refractivity contribution in [1.82, 2.24) is 0 Å². The third-order valence-electron chi connectivity index (χ3n) is 3.58. The van der Waals surface area contributed by atoms with Crippen LogP contribution in [0.5, 0.6) is 0 Å². The molecule has 1 heterocycles. The summed E-state index contributed by atoms with van der Waals surface area (Å²) >= 11 is 0. The van der Waals surface area contributed by atoms with Crippen LogP contribution in [0.15, 0.2) is 12.7 Å². The van der Waals surface area contributed by atoms with Gasteiger partial charge in [-0.2, -0.15) is 0 Å². The van der Waals surface area contributed by atoms with Gasteiger partial charge in [-0.1, -0.05) is 6.58 Å². The largest absolute Gasteiger partial charge is 0.465 e. The minimum absolute atomic E-state index is 0.104. The smallest absolute Gasteiger partial charge is 0.311 e. The highest BCUT2D eigenvalue weighted by Gasteiger charge is 2.41. The number of rotatable bonds is 9. The third kappa shape index (κ3) is 7.57. The number of epoxide rings is 1. The van der Waals surface area contributed by atoms with Crippen LogP contribution in [0.3, 0.4) is 0 Å². The fraction of sp³-hybridized carbons (Fsp3) is 0.789. The van der Waals surface area contributed by atoms with Gasteiger partial charge in [0, 0.05) is 6.42 Å². The van der Waals surface area contributed by atoms with E-state index in [9.17, 15) is 9.59 Å². The summed E-state index contributed by atoms with van der Waals surface area (Å²) in [5.41, 5.74) is -1.11. The first kappa shape index (κ1) is 21.6. The Kier molecular flexibility index (Phi) is 7.62. The van der Waals surface area contributed by atoms with Crippen LogP contribution in [-0.2, 0) is 28.5 Å². The van der Waals surface area contributed by atoms with Crippen molar-refractivity contribution in [2.45, 2.75) is 66.3 Å². The highest BCUT2D eigenvalue weighted by molar-refractivity contribution is 5.76. The first-order chi connectivity index (χ1) is 11.5. The van der Waals surface area contributed by atoms with Gasteiger partial charge in [-0.25, -0.2) is 0 Å². The number of ether oxygens (including phenoxy) is 4. The van der Waals surface area contributed by atoms with E-state index in [2.05, 4.69) is 6.58 Å². The molecule has 3 atom stereocenters. The molecule has 0 aliphatic carbocycles. The summed E-state index contributed by atoms with van der Waals surface area (Å²) in [6, 6.07) is 0. The third-order valence-corrected chi connectivity index (χ3v) is 3.58. The van der Waals surface area contributed by atoms with Crippen LogP contribution in [0.2, 0.25) is 0 Å². The van der Waals surface area contributed by atoms with E-state index < -0.39 is 23.0 Å². The van der Waals surface area contributed by atoms with Gasteiger partial charge in [-0.05, 0) is 47.6 Å². The van der Waals surface area contributed by atoms with Crippen molar-refractivity contribution in [3.8, 4) is 0 Å². The van der Waals surface area contributed by atoms with E-state index in [4.69, 9.17) is 18.9 Å². The molecule has 6 nitrogen and oxygen atoms in total. The van der Waals surface area contributed by atoms with E-state index in [0.29, 0.717) is 19.6 Å². The van der Waals surface area contributed by atoms with Gasteiger partial charge in [0.2, 0.25) is 0 Å². The zero-order valence-corrected chi connectivity index (χ0v) is 16.3. The van der Waals surface area contributed by atoms with Gasteiger partial charge in [0.15, 0.2) is 0 Å². The maximum absolute atomic E-state index is 12.1. The number of hydrogen-bond donors (Lipinski definition) is 0. The molecule has 0 aromatic rings. The highest BCUT2D eigenvalue weighted by atomic mass is 16.6. The van der Waals surface area contributed by atoms with Gasteiger partial charge in [-0.3, -0.25) is 9.59 Å². The Bertz CT molecular complexity index is 467. The maximum atomic E-state index is 12.1. The minimum Gasteiger partial charge on any atom is -0.465 e. The predicted octanol–water partition coefficient (Wildman–Crippen LogP) is 2.89. The maximum Gasteiger partial charge on any atom is 0.311 e. The Balaban J connectivity index is 2.44. The monoisotopic (exact) mass is 356 g/mol. The van der Waals surface area contributed by atoms with Crippen LogP contribution in [-0.4, -0.2) is 50.1 Å². The van der Waals surface area contributed by atoms with Gasteiger partial charge in [0.05, 0.1) is 30.7 Å². The molecule has 0 aromatic heterocycles. The van der Waals surface area contributed by atoms with Crippen molar-refractivity contribution < 1.29 is 28.5 Å². The Morgan fingerprint density at radius 1 is 1.12 bits per heavy atom. The zero-order valence-electron chi connectivity index (χ0n) is 16.3. The highest BCUT2D eigenvalue weighted by Crippen LogP contribution is 2.25. The molecule has 1 fully saturated rings. The summed E-state index contributed by atoms with van der Waals surface area (Å²) in [5, 5.41) is 0. The van der Waals surface area contributed by atoms with E-state index >= 15 is 0 Å². The van der Waals surface area contributed by atoms with Crippen LogP contribution in [0, 0.1) is 10.8 Å². The van der Waals surface area contributed by atoms with Gasteiger partial charge in [0.25, 0.3) is 0 Å². The molecule has 144 valence electrons. The van der Waals surface area contributed by atoms with E-state index in [0.717, 1.165) is 0 Å². The molecule has 0 bridgehead atoms. The summed E-state index contributed by atoms with van der Waals surface area (Å²) in [6.45, 7) is 15.8. The molecule has 1 aliphatic heterocycles. The SMILES string of the molecule is C=CC(OC(=O)C(C)(C)C)[C@H](OCCCOC(=O)C(C)(C)C)[C@@H]1CO1. The molecule has 1 aliphatic rings. The van der Waals surface area contributed by atoms with Crippen LogP contribution in [0.4, 0.5) is 0 Å². The zero-order chi connectivity index (χ0) is 19.3. The predicted molar refractivity (Wildman–Crippen MR) is 94.0 cm³/mol. The Morgan fingerprint density at radius 3 is 2.12 bits per heavy atom. The quantitative estimate of drug-likeness (QED) is 0.274. The molecule has 0 aromatic carbocycles. The first-order valence-corrected chi connectivity index (χ1v) is 8.71. The molecular weight excluding hydrogens is 324 g/mol. The van der Waals surface area contributed by atoms with Crippen molar-refractivity contribution in [2.75, 3.05) is 19.8 Å². The molecular formula is C19H32O6. The average Bonchev–Trinajstić information content (AvgIpc) is 3.31. The molecule has 1 saturated heterocycles. The van der Waals surface area contributed by atoms with Gasteiger partial charge >= 0.3 is 11.9 Å². The fourth-order valence-electron chi connectivity index (χ4n) is 1.87. The second-order valence-corrected chi connectivity index (χ2v) is 8.30. The lowest BCUT2D eigenvalue weighted by molar-refractivity contribution is -0.164. The van der Waals surface area contributed by atoms with Crippen molar-refractivity contribution in [3.63, 3.8) is 0 Å². The number of carbonyl (C=O) groups is 2. The van der Waals surface area contributed by atoms with Crippen LogP contribution in [0.1, 0.15) is 48.0 Å². The van der Waals surface area contributed by atoms with Crippen molar-refractivity contribution in [2.24, 2.45) is 10.8 Å². The van der Waals surface area contributed by atoms with Gasteiger partial charge in [-0.15, -0.1) is 0 Å². The van der Waals surface area contributed by atoms with E-state index in [-0.39, 0.29) is 24.6 Å². The van der Waals surface area contributed by atoms with Crippen molar-refractivity contribution in [1.29, 1.82) is 0 Å². The Morgan fingerprint density at radius 2 is 1.68 bits per heavy atom. The number of esters is 2. The number of hydrogen-bond acceptors (Lipinski definition) is 6. The second kappa shape index (κ2) is 8.81. The summed E-state index contributed by atoms with van der Waals surface area (Å²) < 4.78 is 21.9. The lowest BCUT2D eigenvalue weighted by Crippen LogP contribution is -2.39. The molecule has 1 unspecified atom stereocenters. The summed E-state index contributed by atoms with van der Waals surface area (Å²) in [7, 11) is 0. The van der Waals surface area contributed by atoms with E-state index in [1.54, 1.807) is 26.8 Å². The molecule has 0 radical (unpaired) electrons. The topological polar surface area (TPSA) is 74.4 Å². The lowest BCUT2D eigenvalue weighted by Gasteiger charge is -2.27. The van der Waals surface area contributed by atoms with Crippen LogP contribution < -0.4 is 0 Å². The molecule has 25 heavy (non-hydrogen) atoms. The Labute approximate surface area is 150 Å². The van der Waals surface area contributed by atoms with Gasteiger partial charge < -0.3 is 18.9 Å². The summed E-state index contributed by atoms with van der Waals surface area (Å²) in [5.74, 6) is -0.552. The normalized spacial score (nSPS) is 19.7.